The van der Waals surface area contributed by atoms with Gasteiger partial charge in [-0.2, -0.15) is 0 Å². The van der Waals surface area contributed by atoms with Crippen LogP contribution in [0.15, 0.2) is 182 Å². The molecule has 9 rings (SSSR count). The number of methoxy groups -OCH3 is 4. The summed E-state index contributed by atoms with van der Waals surface area (Å²) in [6.07, 6.45) is 0.168. The summed E-state index contributed by atoms with van der Waals surface area (Å²) in [5.41, 5.74) is 11.8. The van der Waals surface area contributed by atoms with Crippen LogP contribution in [0.25, 0.3) is 44.1 Å². The second-order valence-electron chi connectivity index (χ2n) is 16.3. The van der Waals surface area contributed by atoms with Crippen LogP contribution in [-0.4, -0.2) is 51.2 Å². The summed E-state index contributed by atoms with van der Waals surface area (Å²) in [6.45, 7) is 1.82. The van der Waals surface area contributed by atoms with E-state index < -0.39 is 15.4 Å². The number of benzene rings is 8. The molecule has 9 aromatic rings. The molecule has 8 aromatic carbocycles. The molecule has 0 spiro atoms. The molecule has 68 heavy (non-hydrogen) atoms. The van der Waals surface area contributed by atoms with Crippen LogP contribution >= 0.6 is 0 Å². The van der Waals surface area contributed by atoms with Gasteiger partial charge in [-0.15, -0.1) is 0 Å². The third-order valence-electron chi connectivity index (χ3n) is 12.4. The summed E-state index contributed by atoms with van der Waals surface area (Å²) in [5, 5.41) is 1.02. The Labute approximate surface area is 446 Å². The summed E-state index contributed by atoms with van der Waals surface area (Å²) < 4.78 is 60.3. The van der Waals surface area contributed by atoms with Crippen LogP contribution in [0, 0.1) is 0 Å². The van der Waals surface area contributed by atoms with Gasteiger partial charge in [-0.25, -0.2) is 8.42 Å². The van der Waals surface area contributed by atoms with Crippen molar-refractivity contribution in [1.82, 2.24) is 4.57 Å². The number of hydrogen-bond acceptors (Lipinski definition) is 9. The SMILES string of the molecule is COc1ccc(N(c2ccc(OC)cc2)c2ccc(-c3ccc4c5ccc(-c6ccc(N(c7ccc(OC)cc7)c7ccc(OC)cc7)cc6)cc5n(CCC(C)S(=O)(=O)[O-])c4c3)cc2)cc1.[Rb+]. The van der Waals surface area contributed by atoms with Crippen molar-refractivity contribution in [1.29, 1.82) is 0 Å². The average molecular weight is 995 g/mol. The van der Waals surface area contributed by atoms with Crippen molar-refractivity contribution in [2.75, 3.05) is 38.2 Å². The van der Waals surface area contributed by atoms with Crippen molar-refractivity contribution < 1.29 is 90.1 Å². The first-order chi connectivity index (χ1) is 32.5. The second-order valence-corrected chi connectivity index (χ2v) is 18.1. The maximum Gasteiger partial charge on any atom is 1.00 e. The van der Waals surface area contributed by atoms with Gasteiger partial charge in [-0.3, -0.25) is 0 Å². The molecule has 0 saturated carbocycles. The van der Waals surface area contributed by atoms with Crippen molar-refractivity contribution in [3.8, 4) is 45.3 Å². The number of ether oxygens (including phenoxy) is 4. The summed E-state index contributed by atoms with van der Waals surface area (Å²) >= 11 is 0. The molecule has 0 amide bonds. The van der Waals surface area contributed by atoms with E-state index in [4.69, 9.17) is 18.9 Å². The van der Waals surface area contributed by atoms with Gasteiger partial charge in [0.15, 0.2) is 0 Å². The maximum atomic E-state index is 12.1. The molecule has 338 valence electrons. The number of anilines is 6. The first-order valence-corrected chi connectivity index (χ1v) is 23.4. The number of nitrogens with zero attached hydrogens (tertiary/aromatic N) is 3. The van der Waals surface area contributed by atoms with Crippen LogP contribution < -0.4 is 86.9 Å². The largest absolute Gasteiger partial charge is 1.00 e. The molecule has 0 aliphatic rings. The minimum atomic E-state index is -4.48. The van der Waals surface area contributed by atoms with Crippen molar-refractivity contribution >= 4 is 66.0 Å². The standard InChI is InChI=1S/C56H51N3O7S.Rb/c1-38(67(60,61)62)34-35-57-55-36-41(39-6-12-43(13-7-39)58(45-16-24-49(63-2)25-17-45)46-18-26-50(64-3)27-19-46)10-32-53(55)54-33-11-42(37-56(54)57)40-8-14-44(15-9-40)59(47-20-28-51(65-4)29-21-47)48-22-30-52(66-5)31-23-48;/h6-33,36-38H,34-35H2,1-5H3,(H,60,61,62);/q;+1/p-1. The Morgan fingerprint density at radius 2 is 0.706 bits per heavy atom. The van der Waals surface area contributed by atoms with Gasteiger partial charge in [0.2, 0.25) is 0 Å². The number of fused-ring (bicyclic) bond motifs is 3. The summed E-state index contributed by atoms with van der Waals surface area (Å²) in [7, 11) is 2.15. The van der Waals surface area contributed by atoms with Crippen LogP contribution in [0.2, 0.25) is 0 Å². The van der Waals surface area contributed by atoms with E-state index in [-0.39, 0.29) is 64.6 Å². The second kappa shape index (κ2) is 21.2. The fraction of sp³-hybridized carbons (Fsp3) is 0.143. The Hall–Kier alpha value is -5.92. The first kappa shape index (κ1) is 48.5. The van der Waals surface area contributed by atoms with E-state index in [2.05, 4.69) is 99.3 Å². The Bertz CT molecular complexity index is 2960. The fourth-order valence-corrected chi connectivity index (χ4v) is 8.97. The fourth-order valence-electron chi connectivity index (χ4n) is 8.58. The summed E-state index contributed by atoms with van der Waals surface area (Å²) in [4.78, 5) is 4.36. The van der Waals surface area contributed by atoms with Gasteiger partial charge in [0.1, 0.15) is 23.0 Å². The Morgan fingerprint density at radius 3 is 0.971 bits per heavy atom. The van der Waals surface area contributed by atoms with Gasteiger partial charge in [-0.1, -0.05) is 48.5 Å². The van der Waals surface area contributed by atoms with E-state index in [0.29, 0.717) is 6.54 Å². The quantitative estimate of drug-likeness (QED) is 0.0875. The molecule has 0 N–H and O–H groups in total. The van der Waals surface area contributed by atoms with E-state index in [0.717, 1.165) is 101 Å². The van der Waals surface area contributed by atoms with Crippen LogP contribution in [0.4, 0.5) is 34.1 Å². The van der Waals surface area contributed by atoms with Gasteiger partial charge >= 0.3 is 58.2 Å². The van der Waals surface area contributed by atoms with Crippen molar-refractivity contribution in [2.45, 2.75) is 25.1 Å². The molecule has 0 radical (unpaired) electrons. The van der Waals surface area contributed by atoms with Gasteiger partial charge < -0.3 is 37.9 Å². The van der Waals surface area contributed by atoms with Crippen LogP contribution in [0.3, 0.4) is 0 Å². The maximum absolute atomic E-state index is 12.1. The molecule has 1 aromatic heterocycles. The monoisotopic (exact) mass is 993 g/mol. The average Bonchev–Trinajstić information content (AvgIpc) is 3.68. The van der Waals surface area contributed by atoms with Crippen LogP contribution in [-0.2, 0) is 16.7 Å². The Balaban J connectivity index is 0.00000625. The molecule has 1 unspecified atom stereocenters. The van der Waals surface area contributed by atoms with Gasteiger partial charge in [-0.05, 0) is 169 Å². The minimum Gasteiger partial charge on any atom is -0.748 e. The molecule has 0 bridgehead atoms. The van der Waals surface area contributed by atoms with E-state index in [1.165, 1.54) is 6.92 Å². The molecule has 0 saturated heterocycles. The summed E-state index contributed by atoms with van der Waals surface area (Å²) in [6, 6.07) is 61.6. The number of aryl methyl sites for hydroxylation is 1. The molecule has 0 aliphatic carbocycles. The number of aromatic nitrogens is 1. The molecular weight excluding hydrogens is 944 g/mol. The molecule has 0 fully saturated rings. The van der Waals surface area contributed by atoms with Crippen molar-refractivity contribution in [2.24, 2.45) is 0 Å². The summed E-state index contributed by atoms with van der Waals surface area (Å²) in [5.74, 6) is 3.09. The van der Waals surface area contributed by atoms with E-state index >= 15 is 0 Å². The predicted octanol–water partition coefficient (Wildman–Crippen LogP) is 10.4. The zero-order valence-corrected chi connectivity index (χ0v) is 44.7. The minimum absolute atomic E-state index is 0. The van der Waals surface area contributed by atoms with E-state index in [1.54, 1.807) is 28.4 Å². The molecular formula is C56H50N3O7RbS. The normalized spacial score (nSPS) is 11.7. The molecule has 10 nitrogen and oxygen atoms in total. The molecule has 1 atom stereocenters. The van der Waals surface area contributed by atoms with Gasteiger partial charge in [0.05, 0.1) is 38.6 Å². The number of rotatable bonds is 16. The Kier molecular flexibility index (Phi) is 15.1. The van der Waals surface area contributed by atoms with Crippen LogP contribution in [0.5, 0.6) is 23.0 Å². The van der Waals surface area contributed by atoms with Crippen molar-refractivity contribution in [3.05, 3.63) is 182 Å². The van der Waals surface area contributed by atoms with Gasteiger partial charge in [0.25, 0.3) is 0 Å². The zero-order valence-electron chi connectivity index (χ0n) is 38.9. The van der Waals surface area contributed by atoms with Crippen molar-refractivity contribution in [3.63, 3.8) is 0 Å². The molecule has 0 aliphatic heterocycles. The third-order valence-corrected chi connectivity index (χ3v) is 13.6. The first-order valence-electron chi connectivity index (χ1n) is 21.9. The number of hydrogen-bond donors (Lipinski definition) is 0. The van der Waals surface area contributed by atoms with Gasteiger partial charge in [0, 0.05) is 67.7 Å². The topological polar surface area (TPSA) is 106 Å². The smallest absolute Gasteiger partial charge is 0.748 e. The third kappa shape index (κ3) is 10.2. The van der Waals surface area contributed by atoms with Crippen LogP contribution in [0.1, 0.15) is 13.3 Å². The Morgan fingerprint density at radius 1 is 0.441 bits per heavy atom. The zero-order chi connectivity index (χ0) is 46.7. The van der Waals surface area contributed by atoms with E-state index in [1.807, 2.05) is 97.1 Å². The van der Waals surface area contributed by atoms with E-state index in [9.17, 15) is 13.0 Å². The predicted molar refractivity (Wildman–Crippen MR) is 270 cm³/mol. The molecule has 1 heterocycles. The molecule has 12 heteroatoms.